The standard InChI is InChI=1S/C34H46N4O7/c1-10-21-18-34(21,31(42)44-9)37-28(40)26-16-23(45-29-24-12-11-22(43-8)15-20(24)13-14-35-29)19-38(26)30(41)25(32(2,3)4)17-27(39)36-33(5,6)7/h10-15,21,23,25-26H,1,16-19H2,2-9H3,(H,36,39)(H,37,40)/t21-,23-,25-,26+,34-/m1/s1. The Hall–Kier alpha value is -4.15. The molecule has 11 nitrogen and oxygen atoms in total. The van der Waals surface area contributed by atoms with Crippen molar-refractivity contribution in [2.45, 2.75) is 84.0 Å². The number of aromatic nitrogens is 1. The lowest BCUT2D eigenvalue weighted by Gasteiger charge is -2.35. The topological polar surface area (TPSA) is 136 Å². The zero-order chi connectivity index (χ0) is 33.3. The van der Waals surface area contributed by atoms with Crippen molar-refractivity contribution in [1.29, 1.82) is 0 Å². The quantitative estimate of drug-likeness (QED) is 0.302. The van der Waals surface area contributed by atoms with E-state index < -0.39 is 46.4 Å². The molecule has 2 fully saturated rings. The summed E-state index contributed by atoms with van der Waals surface area (Å²) in [6.45, 7) is 15.2. The maximum Gasteiger partial charge on any atom is 0.332 e. The molecule has 0 bridgehead atoms. The summed E-state index contributed by atoms with van der Waals surface area (Å²) in [5, 5.41) is 7.44. The lowest BCUT2D eigenvalue weighted by molar-refractivity contribution is -0.149. The number of ether oxygens (including phenoxy) is 3. The van der Waals surface area contributed by atoms with Gasteiger partial charge in [-0.25, -0.2) is 9.78 Å². The minimum Gasteiger partial charge on any atom is -0.497 e. The van der Waals surface area contributed by atoms with Gasteiger partial charge in [-0.05, 0) is 62.3 Å². The van der Waals surface area contributed by atoms with Gasteiger partial charge in [0.1, 0.15) is 23.4 Å². The van der Waals surface area contributed by atoms with Gasteiger partial charge in [-0.2, -0.15) is 0 Å². The number of fused-ring (bicyclic) bond motifs is 1. The predicted octanol–water partition coefficient (Wildman–Crippen LogP) is 3.79. The average molecular weight is 623 g/mol. The number of nitrogens with one attached hydrogen (secondary N) is 2. The number of carbonyl (C=O) groups is 4. The van der Waals surface area contributed by atoms with Gasteiger partial charge in [0.25, 0.3) is 0 Å². The first-order valence-corrected chi connectivity index (χ1v) is 15.3. The summed E-state index contributed by atoms with van der Waals surface area (Å²) in [5.74, 6) is -1.61. The van der Waals surface area contributed by atoms with Crippen LogP contribution in [0.4, 0.5) is 0 Å². The number of benzene rings is 1. The van der Waals surface area contributed by atoms with E-state index in [4.69, 9.17) is 14.2 Å². The van der Waals surface area contributed by atoms with Crippen LogP contribution in [0.5, 0.6) is 11.6 Å². The zero-order valence-corrected chi connectivity index (χ0v) is 27.6. The highest BCUT2D eigenvalue weighted by Crippen LogP contribution is 2.46. The molecule has 244 valence electrons. The van der Waals surface area contributed by atoms with Crippen LogP contribution >= 0.6 is 0 Å². The Morgan fingerprint density at radius 2 is 1.84 bits per heavy atom. The van der Waals surface area contributed by atoms with Crippen LogP contribution in [0.1, 0.15) is 60.8 Å². The molecule has 1 aliphatic heterocycles. The number of pyridine rings is 1. The van der Waals surface area contributed by atoms with Gasteiger partial charge in [0, 0.05) is 35.9 Å². The number of hydrogen-bond donors (Lipinski definition) is 2. The van der Waals surface area contributed by atoms with Gasteiger partial charge in [-0.1, -0.05) is 26.8 Å². The number of esters is 1. The molecule has 0 radical (unpaired) electrons. The van der Waals surface area contributed by atoms with Crippen LogP contribution in [-0.4, -0.2) is 77.6 Å². The van der Waals surface area contributed by atoms with Crippen LogP contribution in [0.25, 0.3) is 10.8 Å². The third kappa shape index (κ3) is 7.40. The van der Waals surface area contributed by atoms with E-state index in [-0.39, 0.29) is 37.1 Å². The Morgan fingerprint density at radius 1 is 1.13 bits per heavy atom. The minimum absolute atomic E-state index is 0.0483. The molecular formula is C34H46N4O7. The van der Waals surface area contributed by atoms with Crippen LogP contribution in [0, 0.1) is 17.3 Å². The van der Waals surface area contributed by atoms with Crippen molar-refractivity contribution in [3.8, 4) is 11.6 Å². The lowest BCUT2D eigenvalue weighted by Crippen LogP contribution is -2.55. The number of hydrogen-bond acceptors (Lipinski definition) is 8. The van der Waals surface area contributed by atoms with Crippen molar-refractivity contribution >= 4 is 34.5 Å². The molecule has 1 saturated carbocycles. The predicted molar refractivity (Wildman–Crippen MR) is 169 cm³/mol. The molecule has 5 atom stereocenters. The van der Waals surface area contributed by atoms with Crippen LogP contribution < -0.4 is 20.1 Å². The highest BCUT2D eigenvalue weighted by Gasteiger charge is 2.62. The fourth-order valence-electron chi connectivity index (χ4n) is 5.99. The summed E-state index contributed by atoms with van der Waals surface area (Å²) >= 11 is 0. The Morgan fingerprint density at radius 3 is 2.42 bits per heavy atom. The molecule has 3 amide bonds. The Kier molecular flexibility index (Phi) is 9.51. The number of amides is 3. The molecule has 2 aliphatic rings. The molecule has 0 unspecified atom stereocenters. The number of carbonyl (C=O) groups excluding carboxylic acids is 4. The number of likely N-dealkylation sites (tertiary alicyclic amines) is 1. The maximum absolute atomic E-state index is 14.4. The second-order valence-corrected chi connectivity index (χ2v) is 14.1. The molecule has 1 saturated heterocycles. The fraction of sp³-hybridized carbons (Fsp3) is 0.559. The first-order chi connectivity index (χ1) is 21.0. The Labute approximate surface area is 265 Å². The van der Waals surface area contributed by atoms with Crippen molar-refractivity contribution in [3.63, 3.8) is 0 Å². The van der Waals surface area contributed by atoms with Crippen molar-refractivity contribution < 1.29 is 33.4 Å². The molecule has 2 N–H and O–H groups in total. The third-order valence-electron chi connectivity index (χ3n) is 8.50. The molecule has 1 aromatic carbocycles. The van der Waals surface area contributed by atoms with E-state index >= 15 is 0 Å². The van der Waals surface area contributed by atoms with Crippen LogP contribution in [-0.2, 0) is 23.9 Å². The molecule has 11 heteroatoms. The summed E-state index contributed by atoms with van der Waals surface area (Å²) < 4.78 is 16.7. The van der Waals surface area contributed by atoms with Crippen molar-refractivity contribution in [3.05, 3.63) is 43.1 Å². The first-order valence-electron chi connectivity index (χ1n) is 15.3. The molecule has 2 aromatic rings. The monoisotopic (exact) mass is 622 g/mol. The number of nitrogens with zero attached hydrogens (tertiary/aromatic N) is 2. The second-order valence-electron chi connectivity index (χ2n) is 14.1. The van der Waals surface area contributed by atoms with Gasteiger partial charge in [0.05, 0.1) is 26.7 Å². The maximum atomic E-state index is 14.4. The zero-order valence-electron chi connectivity index (χ0n) is 27.6. The van der Waals surface area contributed by atoms with Gasteiger partial charge >= 0.3 is 5.97 Å². The van der Waals surface area contributed by atoms with Gasteiger partial charge in [-0.3, -0.25) is 14.4 Å². The average Bonchev–Trinajstić information content (AvgIpc) is 3.52. The van der Waals surface area contributed by atoms with Crippen LogP contribution in [0.15, 0.2) is 43.1 Å². The fourth-order valence-corrected chi connectivity index (χ4v) is 5.99. The summed E-state index contributed by atoms with van der Waals surface area (Å²) in [7, 11) is 2.86. The highest BCUT2D eigenvalue weighted by molar-refractivity contribution is 5.96. The third-order valence-corrected chi connectivity index (χ3v) is 8.50. The van der Waals surface area contributed by atoms with E-state index in [0.717, 1.165) is 10.8 Å². The van der Waals surface area contributed by atoms with E-state index in [1.54, 1.807) is 19.4 Å². The van der Waals surface area contributed by atoms with Crippen LogP contribution in [0.3, 0.4) is 0 Å². The van der Waals surface area contributed by atoms with E-state index in [9.17, 15) is 19.2 Å². The smallest absolute Gasteiger partial charge is 0.332 e. The molecule has 45 heavy (non-hydrogen) atoms. The largest absolute Gasteiger partial charge is 0.497 e. The van der Waals surface area contributed by atoms with Crippen molar-refractivity contribution in [2.75, 3.05) is 20.8 Å². The minimum atomic E-state index is -1.23. The van der Waals surface area contributed by atoms with E-state index in [1.165, 1.54) is 12.0 Å². The normalized spacial score (nSPS) is 23.6. The Balaban J connectivity index is 1.65. The molecule has 0 spiro atoms. The second kappa shape index (κ2) is 12.7. The molecular weight excluding hydrogens is 576 g/mol. The SMILES string of the molecule is C=C[C@@H]1C[C@]1(NC(=O)[C@@H]1C[C@@H](Oc2nccc3cc(OC)ccc23)CN1C(=O)[C@@H](CC(=O)NC(C)(C)C)C(C)(C)C)C(=O)OC. The molecule has 1 aromatic heterocycles. The van der Waals surface area contributed by atoms with E-state index in [1.807, 2.05) is 65.8 Å². The summed E-state index contributed by atoms with van der Waals surface area (Å²) in [6, 6.07) is 6.43. The van der Waals surface area contributed by atoms with Gasteiger partial charge < -0.3 is 29.7 Å². The van der Waals surface area contributed by atoms with Crippen molar-refractivity contribution in [1.82, 2.24) is 20.5 Å². The summed E-state index contributed by atoms with van der Waals surface area (Å²) in [5.41, 5.74) is -2.30. The van der Waals surface area contributed by atoms with Gasteiger partial charge in [-0.15, -0.1) is 6.58 Å². The summed E-state index contributed by atoms with van der Waals surface area (Å²) in [4.78, 5) is 60.0. The highest BCUT2D eigenvalue weighted by atomic mass is 16.5. The Bertz CT molecular complexity index is 1480. The van der Waals surface area contributed by atoms with E-state index in [2.05, 4.69) is 22.2 Å². The van der Waals surface area contributed by atoms with Crippen molar-refractivity contribution in [2.24, 2.45) is 17.3 Å². The summed E-state index contributed by atoms with van der Waals surface area (Å²) in [6.07, 6.45) is 3.13. The van der Waals surface area contributed by atoms with Crippen LogP contribution in [0.2, 0.25) is 0 Å². The molecule has 2 heterocycles. The lowest BCUT2D eigenvalue weighted by atomic mass is 9.77. The number of rotatable bonds is 10. The van der Waals surface area contributed by atoms with Gasteiger partial charge in [0.2, 0.25) is 23.6 Å². The molecule has 4 rings (SSSR count). The molecule has 1 aliphatic carbocycles. The number of methoxy groups -OCH3 is 2. The van der Waals surface area contributed by atoms with Gasteiger partial charge in [0.15, 0.2) is 0 Å². The first kappa shape index (κ1) is 33.7. The van der Waals surface area contributed by atoms with E-state index in [0.29, 0.717) is 18.1 Å².